The molecule has 1 amide bonds. The van der Waals surface area contributed by atoms with Crippen LogP contribution in [0.25, 0.3) is 22.3 Å². The van der Waals surface area contributed by atoms with Gasteiger partial charge >= 0.3 is 0 Å². The van der Waals surface area contributed by atoms with Crippen LogP contribution in [0.2, 0.25) is 0 Å². The number of aromatic nitrogens is 2. The lowest BCUT2D eigenvalue weighted by Gasteiger charge is -2.28. The van der Waals surface area contributed by atoms with Crippen molar-refractivity contribution in [2.45, 2.75) is 5.37 Å². The number of amides is 1. The average molecular weight is 430 g/mol. The Morgan fingerprint density at radius 2 is 1.65 bits per heavy atom. The number of rotatable bonds is 4. The normalized spacial score (nSPS) is 16.1. The van der Waals surface area contributed by atoms with Crippen molar-refractivity contribution in [2.24, 2.45) is 0 Å². The molecule has 3 aromatic carbocycles. The quantitative estimate of drug-likeness (QED) is 0.491. The first-order valence-corrected chi connectivity index (χ1v) is 10.9. The summed E-state index contributed by atoms with van der Waals surface area (Å²) in [6.45, 7) is 0. The van der Waals surface area contributed by atoms with E-state index in [1.165, 1.54) is 21.4 Å². The molecule has 4 aromatic rings. The van der Waals surface area contributed by atoms with E-state index in [1.54, 1.807) is 19.2 Å². The van der Waals surface area contributed by atoms with Gasteiger partial charge in [-0.3, -0.25) is 9.59 Å². The maximum atomic E-state index is 13.6. The Balaban J connectivity index is 1.74. The van der Waals surface area contributed by atoms with Crippen LogP contribution in [0.15, 0.2) is 83.7 Å². The summed E-state index contributed by atoms with van der Waals surface area (Å²) in [5.74, 6) is 1.32. The van der Waals surface area contributed by atoms with E-state index in [0.717, 1.165) is 16.9 Å². The monoisotopic (exact) mass is 429 g/mol. The van der Waals surface area contributed by atoms with E-state index in [0.29, 0.717) is 16.7 Å². The molecule has 0 spiro atoms. The number of nitrogens with zero attached hydrogens (tertiary/aromatic N) is 3. The Hall–Kier alpha value is -3.58. The molecule has 0 saturated carbocycles. The molecule has 6 nitrogen and oxygen atoms in total. The molecule has 0 unspecified atom stereocenters. The van der Waals surface area contributed by atoms with Crippen molar-refractivity contribution >= 4 is 28.6 Å². The molecule has 1 atom stereocenters. The Bertz CT molecular complexity index is 1320. The van der Waals surface area contributed by atoms with Crippen LogP contribution in [-0.4, -0.2) is 28.4 Å². The van der Waals surface area contributed by atoms with Gasteiger partial charge in [-0.2, -0.15) is 4.68 Å². The summed E-state index contributed by atoms with van der Waals surface area (Å²) in [6.07, 6.45) is 0. The van der Waals surface area contributed by atoms with Crippen molar-refractivity contribution in [1.29, 1.82) is 0 Å². The predicted octanol–water partition coefficient (Wildman–Crippen LogP) is 3.98. The van der Waals surface area contributed by atoms with Crippen LogP contribution < -0.4 is 15.3 Å². The molecule has 0 N–H and O–H groups in total. The molecule has 0 aliphatic carbocycles. The van der Waals surface area contributed by atoms with Crippen molar-refractivity contribution in [1.82, 2.24) is 9.66 Å². The average Bonchev–Trinajstić information content (AvgIpc) is 3.20. The van der Waals surface area contributed by atoms with Crippen LogP contribution in [0, 0.1) is 0 Å². The molecule has 31 heavy (non-hydrogen) atoms. The minimum absolute atomic E-state index is 0.137. The number of benzene rings is 3. The summed E-state index contributed by atoms with van der Waals surface area (Å²) in [4.78, 5) is 31.5. The van der Waals surface area contributed by atoms with Gasteiger partial charge in [-0.05, 0) is 29.8 Å². The van der Waals surface area contributed by atoms with E-state index in [-0.39, 0.29) is 22.6 Å². The molecule has 5 rings (SSSR count). The lowest BCUT2D eigenvalue weighted by Crippen LogP contribution is -2.46. The van der Waals surface area contributed by atoms with E-state index in [4.69, 9.17) is 9.72 Å². The molecule has 1 aliphatic heterocycles. The fourth-order valence-electron chi connectivity index (χ4n) is 3.74. The highest BCUT2D eigenvalue weighted by molar-refractivity contribution is 8.00. The van der Waals surface area contributed by atoms with Crippen LogP contribution in [0.3, 0.4) is 0 Å². The molecular formula is C24H19N3O3S. The molecule has 7 heteroatoms. The lowest BCUT2D eigenvalue weighted by molar-refractivity contribution is -0.117. The van der Waals surface area contributed by atoms with E-state index >= 15 is 0 Å². The number of hydrogen-bond acceptors (Lipinski definition) is 5. The van der Waals surface area contributed by atoms with E-state index in [9.17, 15) is 9.59 Å². The Labute approximate surface area is 183 Å². The van der Waals surface area contributed by atoms with Gasteiger partial charge in [0.2, 0.25) is 0 Å². The van der Waals surface area contributed by atoms with Gasteiger partial charge < -0.3 is 4.74 Å². The van der Waals surface area contributed by atoms with Crippen LogP contribution in [0.5, 0.6) is 5.75 Å². The molecule has 0 radical (unpaired) electrons. The second-order valence-corrected chi connectivity index (χ2v) is 8.18. The summed E-state index contributed by atoms with van der Waals surface area (Å²) in [7, 11) is 1.61. The minimum Gasteiger partial charge on any atom is -0.497 e. The fourth-order valence-corrected chi connectivity index (χ4v) is 4.87. The van der Waals surface area contributed by atoms with Gasteiger partial charge in [-0.25, -0.2) is 9.99 Å². The number of thioether (sulfide) groups is 1. The number of fused-ring (bicyclic) bond motifs is 1. The SMILES string of the molecule is COc1ccc([C@@H]2SCC(=O)N2n2c(-c3ccccc3)nc3ccccc3c2=O)cc1. The highest BCUT2D eigenvalue weighted by atomic mass is 32.2. The summed E-state index contributed by atoms with van der Waals surface area (Å²) in [6, 6.07) is 24.2. The number of para-hydroxylation sites is 1. The van der Waals surface area contributed by atoms with Gasteiger partial charge in [0.25, 0.3) is 11.5 Å². The van der Waals surface area contributed by atoms with Gasteiger partial charge in [0, 0.05) is 5.56 Å². The minimum atomic E-state index is -0.346. The zero-order valence-corrected chi connectivity index (χ0v) is 17.6. The van der Waals surface area contributed by atoms with Crippen LogP contribution in [0.1, 0.15) is 10.9 Å². The van der Waals surface area contributed by atoms with Crippen molar-refractivity contribution in [3.63, 3.8) is 0 Å². The van der Waals surface area contributed by atoms with Gasteiger partial charge in [-0.1, -0.05) is 54.6 Å². The van der Waals surface area contributed by atoms with Gasteiger partial charge in [0.15, 0.2) is 5.82 Å². The Kier molecular flexibility index (Phi) is 4.95. The summed E-state index contributed by atoms with van der Waals surface area (Å²) in [5.41, 5.74) is 2.01. The van der Waals surface area contributed by atoms with Crippen LogP contribution in [0.4, 0.5) is 0 Å². The maximum Gasteiger partial charge on any atom is 0.280 e. The highest BCUT2D eigenvalue weighted by Crippen LogP contribution is 2.38. The first-order chi connectivity index (χ1) is 15.2. The zero-order chi connectivity index (χ0) is 21.4. The number of hydrogen-bond donors (Lipinski definition) is 0. The third kappa shape index (κ3) is 3.37. The number of carbonyl (C=O) groups excluding carboxylic acids is 1. The third-order valence-corrected chi connectivity index (χ3v) is 6.45. The van der Waals surface area contributed by atoms with Gasteiger partial charge in [-0.15, -0.1) is 11.8 Å². The Morgan fingerprint density at radius 1 is 0.935 bits per heavy atom. The molecule has 1 saturated heterocycles. The predicted molar refractivity (Wildman–Crippen MR) is 123 cm³/mol. The first kappa shape index (κ1) is 19.4. The largest absolute Gasteiger partial charge is 0.497 e. The standard InChI is InChI=1S/C24H19N3O3S/c1-30-18-13-11-17(12-14-18)24-26(21(28)15-31-24)27-22(16-7-3-2-4-8-16)25-20-10-6-5-9-19(20)23(27)29/h2-14,24H,15H2,1H3/t24-/m0/s1. The number of methoxy groups -OCH3 is 1. The molecule has 1 aliphatic rings. The topological polar surface area (TPSA) is 64.4 Å². The number of ether oxygens (including phenoxy) is 1. The van der Waals surface area contributed by atoms with Crippen molar-refractivity contribution in [3.05, 3.63) is 94.8 Å². The molecule has 154 valence electrons. The molecule has 1 aromatic heterocycles. The maximum absolute atomic E-state index is 13.6. The number of carbonyl (C=O) groups is 1. The molecular weight excluding hydrogens is 410 g/mol. The Morgan fingerprint density at radius 3 is 2.39 bits per heavy atom. The first-order valence-electron chi connectivity index (χ1n) is 9.82. The summed E-state index contributed by atoms with van der Waals surface area (Å²) in [5, 5.41) is 1.67. The third-order valence-electron chi connectivity index (χ3n) is 5.24. The van der Waals surface area contributed by atoms with E-state index < -0.39 is 0 Å². The van der Waals surface area contributed by atoms with Crippen LogP contribution in [-0.2, 0) is 4.79 Å². The van der Waals surface area contributed by atoms with Crippen molar-refractivity contribution in [2.75, 3.05) is 17.9 Å². The summed E-state index contributed by atoms with van der Waals surface area (Å²) >= 11 is 1.49. The molecule has 0 bridgehead atoms. The smallest absolute Gasteiger partial charge is 0.280 e. The second-order valence-electron chi connectivity index (χ2n) is 7.11. The van der Waals surface area contributed by atoms with Crippen LogP contribution >= 0.6 is 11.8 Å². The molecule has 1 fully saturated rings. The van der Waals surface area contributed by atoms with Crippen molar-refractivity contribution < 1.29 is 9.53 Å². The highest BCUT2D eigenvalue weighted by Gasteiger charge is 2.37. The van der Waals surface area contributed by atoms with E-state index in [1.807, 2.05) is 66.7 Å². The lowest BCUT2D eigenvalue weighted by atomic mass is 10.2. The summed E-state index contributed by atoms with van der Waals surface area (Å²) < 4.78 is 6.70. The van der Waals surface area contributed by atoms with Crippen molar-refractivity contribution in [3.8, 4) is 17.1 Å². The van der Waals surface area contributed by atoms with E-state index in [2.05, 4.69) is 0 Å². The second kappa shape index (κ2) is 7.92. The fraction of sp³-hybridized carbons (Fsp3) is 0.125. The molecule has 2 heterocycles. The zero-order valence-electron chi connectivity index (χ0n) is 16.8. The van der Waals surface area contributed by atoms with Gasteiger partial charge in [0.05, 0.1) is 23.8 Å². The van der Waals surface area contributed by atoms with Gasteiger partial charge in [0.1, 0.15) is 11.1 Å².